The molecule has 0 spiro atoms. The van der Waals surface area contributed by atoms with Gasteiger partial charge in [-0.3, -0.25) is 0 Å². The van der Waals surface area contributed by atoms with E-state index in [0.29, 0.717) is 6.42 Å². The van der Waals surface area contributed by atoms with Gasteiger partial charge in [-0.15, -0.1) is 0 Å². The van der Waals surface area contributed by atoms with E-state index in [0.717, 1.165) is 0 Å². The largest absolute Gasteiger partial charge is 0.384 e. The van der Waals surface area contributed by atoms with Crippen LogP contribution in [0.25, 0.3) is 0 Å². The highest BCUT2D eigenvalue weighted by molar-refractivity contribution is 4.88. The van der Waals surface area contributed by atoms with E-state index in [1.807, 2.05) is 6.92 Å². The molecule has 0 unspecified atom stereocenters. The molecule has 0 saturated carbocycles. The highest BCUT2D eigenvalue weighted by atomic mass is 16.6. The maximum absolute atomic E-state index is 9.52. The Labute approximate surface area is 66.0 Å². The fraction of sp³-hybridized carbons (Fsp3) is 1.00. The van der Waals surface area contributed by atoms with Gasteiger partial charge in [0.2, 0.25) is 0 Å². The summed E-state index contributed by atoms with van der Waals surface area (Å²) in [5.41, 5.74) is 3.33. The van der Waals surface area contributed by atoms with E-state index in [9.17, 15) is 5.11 Å². The molecule has 0 aromatic heterocycles. The Morgan fingerprint density at radius 1 is 1.55 bits per heavy atom. The third-order valence-corrected chi connectivity index (χ3v) is 2.17. The van der Waals surface area contributed by atoms with Crippen LogP contribution in [0.5, 0.6) is 0 Å². The average molecular weight is 162 g/mol. The van der Waals surface area contributed by atoms with Crippen LogP contribution < -0.4 is 5.73 Å². The van der Waals surface area contributed by atoms with Crippen LogP contribution in [-0.2, 0) is 4.74 Å². The predicted molar refractivity (Wildman–Crippen MR) is 38.5 cm³/mol. The number of ether oxygens (including phenoxy) is 1. The highest BCUT2D eigenvalue weighted by Gasteiger charge is 2.44. The van der Waals surface area contributed by atoms with Crippen molar-refractivity contribution in [2.75, 3.05) is 0 Å². The Bertz CT molecular complexity index is 149. The molecule has 1 aliphatic heterocycles. The molecule has 1 rings (SSSR count). The lowest BCUT2D eigenvalue weighted by Gasteiger charge is -2.38. The molecule has 0 bridgehead atoms. The molecule has 0 aromatic rings. The summed E-state index contributed by atoms with van der Waals surface area (Å²) < 4.78 is 5.00. The minimum Gasteiger partial charge on any atom is -0.384 e. The molecule has 0 aliphatic carbocycles. The predicted octanol–water partition coefficient (Wildman–Crippen LogP) is -1.52. The zero-order valence-electron chi connectivity index (χ0n) is 6.95. The molecule has 4 atom stereocenters. The molecule has 66 valence electrons. The van der Waals surface area contributed by atoms with Gasteiger partial charge in [0, 0.05) is 0 Å². The van der Waals surface area contributed by atoms with Crippen LogP contribution in [0.4, 0.5) is 0 Å². The van der Waals surface area contributed by atoms with Gasteiger partial charge < -0.3 is 20.7 Å². The molecule has 1 saturated heterocycles. The Morgan fingerprint density at radius 2 is 2.09 bits per heavy atom. The summed E-state index contributed by atoms with van der Waals surface area (Å²) in [5, 5.41) is 18.7. The van der Waals surface area contributed by atoms with Gasteiger partial charge in [-0.25, -0.2) is 0 Å². The second-order valence-corrected chi connectivity index (χ2v) is 3.60. The molecule has 0 radical (unpaired) electrons. The van der Waals surface area contributed by atoms with E-state index in [1.165, 1.54) is 0 Å². The Morgan fingerprint density at radius 3 is 2.55 bits per heavy atom. The summed E-state index contributed by atoms with van der Waals surface area (Å²) in [6, 6.07) is 0. The lowest BCUT2D eigenvalue weighted by molar-refractivity contribution is -0.515. The van der Waals surface area contributed by atoms with Crippen molar-refractivity contribution >= 4 is 0 Å². The summed E-state index contributed by atoms with van der Waals surface area (Å²) in [7, 11) is 0. The highest BCUT2D eigenvalue weighted by Crippen LogP contribution is 2.23. The number of hydrogen-bond donors (Lipinski definition) is 3. The average Bonchev–Trinajstić information content (AvgIpc) is 1.81. The van der Waals surface area contributed by atoms with E-state index >= 15 is 0 Å². The summed E-state index contributed by atoms with van der Waals surface area (Å²) in [4.78, 5) is 0. The molecule has 1 fully saturated rings. The molecule has 11 heavy (non-hydrogen) atoms. The van der Waals surface area contributed by atoms with Crippen molar-refractivity contribution in [3.63, 3.8) is 0 Å². The molecular formula is C7H16NO3+. The van der Waals surface area contributed by atoms with Gasteiger partial charge in [0.15, 0.2) is 6.29 Å². The van der Waals surface area contributed by atoms with E-state index in [1.54, 1.807) is 6.92 Å². The summed E-state index contributed by atoms with van der Waals surface area (Å²) in [5.74, 6) is 0. The molecule has 1 aliphatic rings. The first-order valence-electron chi connectivity index (χ1n) is 3.80. The van der Waals surface area contributed by atoms with Crippen molar-refractivity contribution in [3.8, 4) is 0 Å². The van der Waals surface area contributed by atoms with Crippen LogP contribution in [0.1, 0.15) is 20.3 Å². The molecule has 4 heteroatoms. The quantitative estimate of drug-likeness (QED) is 0.404. The van der Waals surface area contributed by atoms with E-state index in [4.69, 9.17) is 9.84 Å². The SMILES string of the molecule is C[C@@H]1O[C@H](O)C[C@](C)([NH3+])[C@@H]1O. The molecule has 5 N–H and O–H groups in total. The molecule has 1 heterocycles. The van der Waals surface area contributed by atoms with Crippen molar-refractivity contribution in [1.29, 1.82) is 0 Å². The monoisotopic (exact) mass is 162 g/mol. The molecule has 4 nitrogen and oxygen atoms in total. The van der Waals surface area contributed by atoms with Crippen molar-refractivity contribution in [1.82, 2.24) is 0 Å². The van der Waals surface area contributed by atoms with E-state index < -0.39 is 17.9 Å². The number of aliphatic hydroxyl groups is 2. The molecular weight excluding hydrogens is 146 g/mol. The third-order valence-electron chi connectivity index (χ3n) is 2.17. The number of aliphatic hydroxyl groups excluding tert-OH is 2. The Hall–Kier alpha value is -0.160. The van der Waals surface area contributed by atoms with Crippen molar-refractivity contribution in [2.24, 2.45) is 0 Å². The fourth-order valence-electron chi connectivity index (χ4n) is 1.46. The van der Waals surface area contributed by atoms with Crippen LogP contribution in [0.3, 0.4) is 0 Å². The second kappa shape index (κ2) is 2.71. The minimum atomic E-state index is -0.782. The lowest BCUT2D eigenvalue weighted by atomic mass is 9.86. The van der Waals surface area contributed by atoms with Crippen molar-refractivity contribution in [3.05, 3.63) is 0 Å². The standard InChI is InChI=1S/C7H15NO3/c1-4-6(10)7(2,8)3-5(9)11-4/h4-6,9-10H,3,8H2,1-2H3/p+1/t4-,5-,6+,7-/m0/s1. The van der Waals surface area contributed by atoms with Gasteiger partial charge in [0.25, 0.3) is 0 Å². The van der Waals surface area contributed by atoms with Crippen molar-refractivity contribution < 1.29 is 20.7 Å². The van der Waals surface area contributed by atoms with Crippen LogP contribution in [-0.4, -0.2) is 34.2 Å². The number of quaternary nitrogens is 1. The van der Waals surface area contributed by atoms with Gasteiger partial charge in [-0.2, -0.15) is 0 Å². The fourth-order valence-corrected chi connectivity index (χ4v) is 1.46. The van der Waals surface area contributed by atoms with Crippen LogP contribution in [0.15, 0.2) is 0 Å². The van der Waals surface area contributed by atoms with Gasteiger partial charge in [-0.1, -0.05) is 0 Å². The first kappa shape index (κ1) is 8.93. The number of hydrogen-bond acceptors (Lipinski definition) is 3. The van der Waals surface area contributed by atoms with Gasteiger partial charge in [0.05, 0.1) is 12.5 Å². The summed E-state index contributed by atoms with van der Waals surface area (Å²) in [6.07, 6.45) is -1.32. The van der Waals surface area contributed by atoms with Gasteiger partial charge in [0.1, 0.15) is 11.6 Å². The zero-order valence-corrected chi connectivity index (χ0v) is 6.95. The zero-order chi connectivity index (χ0) is 8.65. The summed E-state index contributed by atoms with van der Waals surface area (Å²) in [6.45, 7) is 3.55. The topological polar surface area (TPSA) is 77.3 Å². The lowest BCUT2D eigenvalue weighted by Crippen LogP contribution is -2.80. The second-order valence-electron chi connectivity index (χ2n) is 3.60. The maximum Gasteiger partial charge on any atom is 0.161 e. The van der Waals surface area contributed by atoms with E-state index in [-0.39, 0.29) is 6.10 Å². The first-order chi connectivity index (χ1) is 4.93. The van der Waals surface area contributed by atoms with Gasteiger partial charge >= 0.3 is 0 Å². The summed E-state index contributed by atoms with van der Waals surface area (Å²) >= 11 is 0. The smallest absolute Gasteiger partial charge is 0.161 e. The van der Waals surface area contributed by atoms with Crippen molar-refractivity contribution in [2.45, 2.75) is 44.3 Å². The van der Waals surface area contributed by atoms with Crippen LogP contribution >= 0.6 is 0 Å². The molecule has 0 aromatic carbocycles. The Balaban J connectivity index is 2.67. The molecule has 0 amide bonds. The Kier molecular flexibility index (Phi) is 2.20. The van der Waals surface area contributed by atoms with Crippen LogP contribution in [0.2, 0.25) is 0 Å². The normalized spacial score (nSPS) is 52.6. The number of rotatable bonds is 0. The third kappa shape index (κ3) is 1.70. The first-order valence-corrected chi connectivity index (χ1v) is 3.80. The minimum absolute atomic E-state index is 0.332. The maximum atomic E-state index is 9.52. The van der Waals surface area contributed by atoms with E-state index in [2.05, 4.69) is 5.73 Å². The van der Waals surface area contributed by atoms with Crippen LogP contribution in [0, 0.1) is 0 Å². The van der Waals surface area contributed by atoms with Gasteiger partial charge in [-0.05, 0) is 13.8 Å².